The summed E-state index contributed by atoms with van der Waals surface area (Å²) in [5, 5.41) is 0. The molecule has 0 aromatic carbocycles. The SMILES string of the molecule is CCCN(CCC)C(=O)CN1CCCC(C2OCCO2)C1. The van der Waals surface area contributed by atoms with Gasteiger partial charge < -0.3 is 14.4 Å². The van der Waals surface area contributed by atoms with Gasteiger partial charge in [0.1, 0.15) is 0 Å². The van der Waals surface area contributed by atoms with Crippen molar-refractivity contribution in [3.8, 4) is 0 Å². The first kappa shape index (κ1) is 16.7. The lowest BCUT2D eigenvalue weighted by atomic mass is 9.97. The van der Waals surface area contributed by atoms with Crippen molar-refractivity contribution in [1.82, 2.24) is 9.80 Å². The van der Waals surface area contributed by atoms with Gasteiger partial charge in [-0.25, -0.2) is 0 Å². The summed E-state index contributed by atoms with van der Waals surface area (Å²) >= 11 is 0. The van der Waals surface area contributed by atoms with Crippen molar-refractivity contribution in [3.63, 3.8) is 0 Å². The lowest BCUT2D eigenvalue weighted by Crippen LogP contribution is -2.46. The molecule has 0 bridgehead atoms. The van der Waals surface area contributed by atoms with Crippen molar-refractivity contribution in [2.75, 3.05) is 45.9 Å². The van der Waals surface area contributed by atoms with Crippen LogP contribution in [0.25, 0.3) is 0 Å². The molecule has 2 rings (SSSR count). The molecule has 1 amide bonds. The van der Waals surface area contributed by atoms with Gasteiger partial charge in [0.05, 0.1) is 19.8 Å². The Balaban J connectivity index is 1.81. The largest absolute Gasteiger partial charge is 0.350 e. The zero-order chi connectivity index (χ0) is 15.1. The highest BCUT2D eigenvalue weighted by molar-refractivity contribution is 5.78. The minimum Gasteiger partial charge on any atom is -0.350 e. The third-order valence-corrected chi connectivity index (χ3v) is 4.27. The average Bonchev–Trinajstić information content (AvgIpc) is 3.01. The fraction of sp³-hybridized carbons (Fsp3) is 0.938. The summed E-state index contributed by atoms with van der Waals surface area (Å²) in [5.74, 6) is 0.687. The van der Waals surface area contributed by atoms with E-state index >= 15 is 0 Å². The maximum atomic E-state index is 12.4. The Labute approximate surface area is 128 Å². The van der Waals surface area contributed by atoms with Crippen LogP contribution >= 0.6 is 0 Å². The number of carbonyl (C=O) groups is 1. The number of likely N-dealkylation sites (tertiary alicyclic amines) is 1. The second-order valence-electron chi connectivity index (χ2n) is 6.13. The summed E-state index contributed by atoms with van der Waals surface area (Å²) in [4.78, 5) is 16.7. The molecular formula is C16H30N2O3. The van der Waals surface area contributed by atoms with Crippen molar-refractivity contribution in [3.05, 3.63) is 0 Å². The molecular weight excluding hydrogens is 268 g/mol. The van der Waals surface area contributed by atoms with Gasteiger partial charge in [0.15, 0.2) is 6.29 Å². The molecule has 21 heavy (non-hydrogen) atoms. The van der Waals surface area contributed by atoms with Crippen molar-refractivity contribution < 1.29 is 14.3 Å². The number of amides is 1. The third kappa shape index (κ3) is 4.94. The number of piperidine rings is 1. The van der Waals surface area contributed by atoms with E-state index in [0.717, 1.165) is 51.9 Å². The Morgan fingerprint density at radius 1 is 1.19 bits per heavy atom. The fourth-order valence-electron chi connectivity index (χ4n) is 3.30. The van der Waals surface area contributed by atoms with Gasteiger partial charge in [-0.3, -0.25) is 9.69 Å². The van der Waals surface area contributed by atoms with E-state index < -0.39 is 0 Å². The maximum absolute atomic E-state index is 12.4. The molecule has 2 heterocycles. The second kappa shape index (κ2) is 8.71. The van der Waals surface area contributed by atoms with E-state index in [2.05, 4.69) is 18.7 Å². The Kier molecular flexibility index (Phi) is 6.93. The summed E-state index contributed by atoms with van der Waals surface area (Å²) in [6.45, 7) is 9.90. The minimum absolute atomic E-state index is 0.0507. The number of carbonyl (C=O) groups excluding carboxylic acids is 1. The first-order valence-corrected chi connectivity index (χ1v) is 8.48. The first-order chi connectivity index (χ1) is 10.2. The highest BCUT2D eigenvalue weighted by atomic mass is 16.7. The predicted molar refractivity (Wildman–Crippen MR) is 82.0 cm³/mol. The van der Waals surface area contributed by atoms with Gasteiger partial charge in [-0.05, 0) is 32.2 Å². The van der Waals surface area contributed by atoms with Gasteiger partial charge in [-0.1, -0.05) is 13.8 Å². The van der Waals surface area contributed by atoms with Gasteiger partial charge in [0, 0.05) is 25.6 Å². The summed E-state index contributed by atoms with van der Waals surface area (Å²) < 4.78 is 11.3. The molecule has 2 saturated heterocycles. The lowest BCUT2D eigenvalue weighted by molar-refractivity contribution is -0.135. The van der Waals surface area contributed by atoms with Gasteiger partial charge in [-0.15, -0.1) is 0 Å². The van der Waals surface area contributed by atoms with Crippen LogP contribution < -0.4 is 0 Å². The van der Waals surface area contributed by atoms with E-state index in [1.165, 1.54) is 0 Å². The molecule has 2 aliphatic rings. The van der Waals surface area contributed by atoms with E-state index in [1.54, 1.807) is 0 Å². The van der Waals surface area contributed by atoms with Crippen LogP contribution in [0, 0.1) is 5.92 Å². The molecule has 0 saturated carbocycles. The van der Waals surface area contributed by atoms with Crippen LogP contribution in [-0.4, -0.2) is 67.9 Å². The molecule has 0 spiro atoms. The molecule has 1 atom stereocenters. The van der Waals surface area contributed by atoms with Gasteiger partial charge in [0.25, 0.3) is 0 Å². The lowest BCUT2D eigenvalue weighted by Gasteiger charge is -2.35. The van der Waals surface area contributed by atoms with Crippen LogP contribution in [0.5, 0.6) is 0 Å². The molecule has 2 fully saturated rings. The van der Waals surface area contributed by atoms with Crippen molar-refractivity contribution in [1.29, 1.82) is 0 Å². The summed E-state index contributed by atoms with van der Waals surface area (Å²) in [5.41, 5.74) is 0. The predicted octanol–water partition coefficient (Wildman–Crippen LogP) is 1.72. The molecule has 0 aromatic rings. The number of hydrogen-bond acceptors (Lipinski definition) is 4. The Bertz CT molecular complexity index is 313. The third-order valence-electron chi connectivity index (χ3n) is 4.27. The Morgan fingerprint density at radius 2 is 1.86 bits per heavy atom. The van der Waals surface area contributed by atoms with Gasteiger partial charge >= 0.3 is 0 Å². The molecule has 5 heteroatoms. The van der Waals surface area contributed by atoms with E-state index in [1.807, 2.05) is 4.90 Å². The smallest absolute Gasteiger partial charge is 0.236 e. The molecule has 0 radical (unpaired) electrons. The van der Waals surface area contributed by atoms with Crippen LogP contribution in [0.1, 0.15) is 39.5 Å². The molecule has 0 N–H and O–H groups in total. The highest BCUT2D eigenvalue weighted by Gasteiger charge is 2.32. The van der Waals surface area contributed by atoms with Crippen molar-refractivity contribution in [2.24, 2.45) is 5.92 Å². The monoisotopic (exact) mass is 298 g/mol. The summed E-state index contributed by atoms with van der Waals surface area (Å²) in [6, 6.07) is 0. The van der Waals surface area contributed by atoms with Crippen LogP contribution in [0.15, 0.2) is 0 Å². The first-order valence-electron chi connectivity index (χ1n) is 8.48. The Morgan fingerprint density at radius 3 is 2.48 bits per heavy atom. The molecule has 0 aliphatic carbocycles. The van der Waals surface area contributed by atoms with Crippen molar-refractivity contribution in [2.45, 2.75) is 45.8 Å². The molecule has 5 nitrogen and oxygen atoms in total. The van der Waals surface area contributed by atoms with E-state index in [-0.39, 0.29) is 12.2 Å². The summed E-state index contributed by atoms with van der Waals surface area (Å²) in [6.07, 6.45) is 4.27. The van der Waals surface area contributed by atoms with Gasteiger partial charge in [-0.2, -0.15) is 0 Å². The van der Waals surface area contributed by atoms with Crippen LogP contribution in [0.2, 0.25) is 0 Å². The van der Waals surface area contributed by atoms with E-state index in [0.29, 0.717) is 25.7 Å². The van der Waals surface area contributed by atoms with Crippen LogP contribution in [0.4, 0.5) is 0 Å². The number of rotatable bonds is 7. The summed E-state index contributed by atoms with van der Waals surface area (Å²) in [7, 11) is 0. The quantitative estimate of drug-likeness (QED) is 0.718. The molecule has 1 unspecified atom stereocenters. The zero-order valence-electron chi connectivity index (χ0n) is 13.6. The Hall–Kier alpha value is -0.650. The number of hydrogen-bond donors (Lipinski definition) is 0. The number of nitrogens with zero attached hydrogens (tertiary/aromatic N) is 2. The van der Waals surface area contributed by atoms with E-state index in [9.17, 15) is 4.79 Å². The zero-order valence-corrected chi connectivity index (χ0v) is 13.6. The van der Waals surface area contributed by atoms with Crippen LogP contribution in [-0.2, 0) is 14.3 Å². The topological polar surface area (TPSA) is 42.0 Å². The normalized spacial score (nSPS) is 24.4. The molecule has 122 valence electrons. The average molecular weight is 298 g/mol. The standard InChI is InChI=1S/C16H30N2O3/c1-3-7-18(8-4-2)15(19)13-17-9-5-6-14(12-17)16-20-10-11-21-16/h14,16H,3-13H2,1-2H3. The highest BCUT2D eigenvalue weighted by Crippen LogP contribution is 2.24. The minimum atomic E-state index is -0.0507. The molecule has 0 aromatic heterocycles. The number of ether oxygens (including phenoxy) is 2. The van der Waals surface area contributed by atoms with Crippen molar-refractivity contribution >= 4 is 5.91 Å². The van der Waals surface area contributed by atoms with E-state index in [4.69, 9.17) is 9.47 Å². The van der Waals surface area contributed by atoms with Gasteiger partial charge in [0.2, 0.25) is 5.91 Å². The maximum Gasteiger partial charge on any atom is 0.236 e. The molecule has 2 aliphatic heterocycles. The fourth-order valence-corrected chi connectivity index (χ4v) is 3.30. The second-order valence-corrected chi connectivity index (χ2v) is 6.13. The van der Waals surface area contributed by atoms with Crippen LogP contribution in [0.3, 0.4) is 0 Å².